The lowest BCUT2D eigenvalue weighted by atomic mass is 9.87. The number of fused-ring (bicyclic) bond motifs is 3. The fourth-order valence-electron chi connectivity index (χ4n) is 4.96. The predicted octanol–water partition coefficient (Wildman–Crippen LogP) is 2.96. The lowest BCUT2D eigenvalue weighted by molar-refractivity contribution is -0.129. The minimum atomic E-state index is -0.444. The number of nitrogens with zero attached hydrogens (tertiary/aromatic N) is 2. The second-order valence-electron chi connectivity index (χ2n) is 8.35. The molecule has 0 spiro atoms. The van der Waals surface area contributed by atoms with Gasteiger partial charge in [-0.05, 0) is 41.5 Å². The van der Waals surface area contributed by atoms with Crippen molar-refractivity contribution < 1.29 is 14.4 Å². The molecule has 0 unspecified atom stereocenters. The van der Waals surface area contributed by atoms with Crippen LogP contribution < -0.4 is 5.32 Å². The molecule has 0 bridgehead atoms. The molecule has 2 heterocycles. The lowest BCUT2D eigenvalue weighted by Crippen LogP contribution is -2.40. The first-order chi connectivity index (χ1) is 14.6. The zero-order chi connectivity index (χ0) is 20.7. The van der Waals surface area contributed by atoms with E-state index in [1.54, 1.807) is 4.90 Å². The van der Waals surface area contributed by atoms with E-state index >= 15 is 0 Å². The van der Waals surface area contributed by atoms with E-state index in [2.05, 4.69) is 17.4 Å². The Morgan fingerprint density at radius 1 is 1.00 bits per heavy atom. The number of hydrogen-bond acceptors (Lipinski definition) is 3. The monoisotopic (exact) mass is 403 g/mol. The van der Waals surface area contributed by atoms with Gasteiger partial charge in [-0.1, -0.05) is 48.5 Å². The molecule has 1 saturated heterocycles. The van der Waals surface area contributed by atoms with Gasteiger partial charge in [-0.15, -0.1) is 0 Å². The summed E-state index contributed by atoms with van der Waals surface area (Å²) in [7, 11) is 0. The Kier molecular flexibility index (Phi) is 4.77. The zero-order valence-electron chi connectivity index (χ0n) is 16.8. The summed E-state index contributed by atoms with van der Waals surface area (Å²) in [6, 6.07) is 15.4. The topological polar surface area (TPSA) is 69.7 Å². The fourth-order valence-corrected chi connectivity index (χ4v) is 4.96. The molecule has 1 N–H and O–H groups in total. The average Bonchev–Trinajstić information content (AvgIpc) is 3.00. The van der Waals surface area contributed by atoms with Gasteiger partial charge in [0.2, 0.25) is 5.91 Å². The second kappa shape index (κ2) is 7.59. The molecule has 6 heteroatoms. The van der Waals surface area contributed by atoms with E-state index in [9.17, 15) is 14.4 Å². The van der Waals surface area contributed by atoms with E-state index < -0.39 is 6.04 Å². The number of nitrogens with one attached hydrogen (secondary N) is 1. The minimum absolute atomic E-state index is 0.00765. The van der Waals surface area contributed by atoms with E-state index in [0.29, 0.717) is 13.0 Å². The second-order valence-corrected chi connectivity index (χ2v) is 8.35. The van der Waals surface area contributed by atoms with Crippen molar-refractivity contribution in [2.45, 2.75) is 50.7 Å². The van der Waals surface area contributed by atoms with Crippen molar-refractivity contribution in [2.24, 2.45) is 0 Å². The molecule has 154 valence electrons. The number of carbonyl (C=O) groups is 3. The number of amides is 4. The SMILES string of the molecule is O=C(CCN1C(=O)[C@@H]2Cc3ccccc3CN2C1=O)N[C@@H]1CCCc2ccccc21. The van der Waals surface area contributed by atoms with Gasteiger partial charge in [0.25, 0.3) is 5.91 Å². The standard InChI is InChI=1S/C24H25N3O3/c28-22(25-20-11-5-9-16-6-3-4-10-19(16)20)12-13-26-23(29)21-14-17-7-1-2-8-18(17)15-27(21)24(26)30/h1-4,6-8,10,20-21H,5,9,11-15H2,(H,25,28)/t20-,21+/m1/s1. The van der Waals surface area contributed by atoms with Gasteiger partial charge in [0, 0.05) is 25.9 Å². The molecule has 1 fully saturated rings. The van der Waals surface area contributed by atoms with Crippen LogP contribution in [0, 0.1) is 0 Å². The molecule has 3 aliphatic rings. The average molecular weight is 403 g/mol. The highest BCUT2D eigenvalue weighted by Crippen LogP contribution is 2.31. The third kappa shape index (κ3) is 3.26. The third-order valence-corrected chi connectivity index (χ3v) is 6.54. The summed E-state index contributed by atoms with van der Waals surface area (Å²) < 4.78 is 0. The van der Waals surface area contributed by atoms with Crippen molar-refractivity contribution in [3.05, 3.63) is 70.8 Å². The summed E-state index contributed by atoms with van der Waals surface area (Å²) >= 11 is 0. The first kappa shape index (κ1) is 18.9. The van der Waals surface area contributed by atoms with Crippen molar-refractivity contribution in [3.63, 3.8) is 0 Å². The van der Waals surface area contributed by atoms with Crippen LogP contribution >= 0.6 is 0 Å². The fraction of sp³-hybridized carbons (Fsp3) is 0.375. The lowest BCUT2D eigenvalue weighted by Gasteiger charge is -2.28. The van der Waals surface area contributed by atoms with Crippen molar-refractivity contribution in [2.75, 3.05) is 6.54 Å². The molecule has 2 aromatic rings. The van der Waals surface area contributed by atoms with Crippen LogP contribution in [0.15, 0.2) is 48.5 Å². The van der Waals surface area contributed by atoms with Gasteiger partial charge in [-0.25, -0.2) is 4.79 Å². The van der Waals surface area contributed by atoms with Crippen molar-refractivity contribution >= 4 is 17.8 Å². The Hall–Kier alpha value is -3.15. The quantitative estimate of drug-likeness (QED) is 0.798. The van der Waals surface area contributed by atoms with Crippen molar-refractivity contribution in [1.29, 1.82) is 0 Å². The molecule has 0 radical (unpaired) electrons. The molecule has 30 heavy (non-hydrogen) atoms. The predicted molar refractivity (Wildman–Crippen MR) is 111 cm³/mol. The number of rotatable bonds is 4. The van der Waals surface area contributed by atoms with E-state index in [4.69, 9.17) is 0 Å². The first-order valence-corrected chi connectivity index (χ1v) is 10.7. The third-order valence-electron chi connectivity index (χ3n) is 6.54. The van der Waals surface area contributed by atoms with Gasteiger partial charge >= 0.3 is 6.03 Å². The highest BCUT2D eigenvalue weighted by atomic mass is 16.2. The smallest absolute Gasteiger partial charge is 0.327 e. The number of benzene rings is 2. The number of hydrogen-bond donors (Lipinski definition) is 1. The van der Waals surface area contributed by atoms with Crippen LogP contribution in [0.5, 0.6) is 0 Å². The molecular weight excluding hydrogens is 378 g/mol. The first-order valence-electron chi connectivity index (χ1n) is 10.7. The number of aryl methyl sites for hydroxylation is 1. The van der Waals surface area contributed by atoms with Gasteiger partial charge in [-0.2, -0.15) is 0 Å². The summed E-state index contributed by atoms with van der Waals surface area (Å²) in [5.41, 5.74) is 4.68. The van der Waals surface area contributed by atoms with Crippen LogP contribution in [0.4, 0.5) is 4.79 Å². The Bertz CT molecular complexity index is 975. The zero-order valence-corrected chi connectivity index (χ0v) is 16.8. The maximum Gasteiger partial charge on any atom is 0.327 e. The highest BCUT2D eigenvalue weighted by Gasteiger charge is 2.46. The van der Waals surface area contributed by atoms with E-state index in [1.165, 1.54) is 16.0 Å². The van der Waals surface area contributed by atoms with Gasteiger partial charge in [0.15, 0.2) is 0 Å². The molecule has 2 atom stereocenters. The Morgan fingerprint density at radius 2 is 1.73 bits per heavy atom. The molecule has 0 aromatic heterocycles. The summed E-state index contributed by atoms with van der Waals surface area (Å²) in [6.45, 7) is 0.578. The molecule has 4 amide bonds. The van der Waals surface area contributed by atoms with Crippen LogP contribution in [-0.2, 0) is 29.0 Å². The summed E-state index contributed by atoms with van der Waals surface area (Å²) in [6.07, 6.45) is 3.67. The van der Waals surface area contributed by atoms with Gasteiger partial charge in [-0.3, -0.25) is 14.5 Å². The van der Waals surface area contributed by atoms with Crippen molar-refractivity contribution in [1.82, 2.24) is 15.1 Å². The highest BCUT2D eigenvalue weighted by molar-refractivity contribution is 6.04. The number of carbonyl (C=O) groups excluding carboxylic acids is 3. The van der Waals surface area contributed by atoms with Crippen LogP contribution in [0.1, 0.15) is 47.6 Å². The van der Waals surface area contributed by atoms with Crippen LogP contribution in [0.3, 0.4) is 0 Å². The Balaban J connectivity index is 1.22. The van der Waals surface area contributed by atoms with E-state index in [0.717, 1.165) is 30.4 Å². The molecule has 2 aromatic carbocycles. The maximum absolute atomic E-state index is 12.9. The summed E-state index contributed by atoms with van der Waals surface area (Å²) in [5.74, 6) is -0.309. The molecule has 0 saturated carbocycles. The van der Waals surface area contributed by atoms with Gasteiger partial charge in [0.1, 0.15) is 6.04 Å². The van der Waals surface area contributed by atoms with Gasteiger partial charge < -0.3 is 10.2 Å². The molecule has 6 nitrogen and oxygen atoms in total. The Morgan fingerprint density at radius 3 is 2.57 bits per heavy atom. The normalized spacial score (nSPS) is 22.4. The van der Waals surface area contributed by atoms with Gasteiger partial charge in [0.05, 0.1) is 6.04 Å². The van der Waals surface area contributed by atoms with Crippen molar-refractivity contribution in [3.8, 4) is 0 Å². The molecule has 5 rings (SSSR count). The van der Waals surface area contributed by atoms with Crippen LogP contribution in [0.25, 0.3) is 0 Å². The summed E-state index contributed by atoms with van der Waals surface area (Å²) in [4.78, 5) is 41.2. The van der Waals surface area contributed by atoms with E-state index in [1.807, 2.05) is 36.4 Å². The van der Waals surface area contributed by atoms with Crippen LogP contribution in [-0.4, -0.2) is 40.2 Å². The molecule has 1 aliphatic carbocycles. The van der Waals surface area contributed by atoms with Crippen LogP contribution in [0.2, 0.25) is 0 Å². The molecule has 2 aliphatic heterocycles. The Labute approximate surface area is 175 Å². The molecular formula is C24H25N3O3. The summed E-state index contributed by atoms with van der Waals surface area (Å²) in [5, 5.41) is 3.10. The maximum atomic E-state index is 12.9. The van der Waals surface area contributed by atoms with E-state index in [-0.39, 0.29) is 36.9 Å². The number of urea groups is 1. The largest absolute Gasteiger partial charge is 0.349 e. The number of imide groups is 1. The minimum Gasteiger partial charge on any atom is -0.349 e.